The molecule has 0 saturated heterocycles. The van der Waals surface area contributed by atoms with E-state index in [4.69, 9.17) is 4.74 Å². The molecule has 2 N–H and O–H groups in total. The second kappa shape index (κ2) is 7.95. The topological polar surface area (TPSA) is 84.5 Å². The summed E-state index contributed by atoms with van der Waals surface area (Å²) < 4.78 is 4.77. The van der Waals surface area contributed by atoms with Gasteiger partial charge in [-0.05, 0) is 48.9 Å². The van der Waals surface area contributed by atoms with E-state index in [-0.39, 0.29) is 17.7 Å². The molecule has 0 saturated carbocycles. The number of esters is 1. The Kier molecular flexibility index (Phi) is 5.95. The van der Waals surface area contributed by atoms with Crippen LogP contribution < -0.4 is 10.6 Å². The van der Waals surface area contributed by atoms with Crippen LogP contribution in [0.5, 0.6) is 0 Å². The van der Waals surface area contributed by atoms with E-state index in [0.717, 1.165) is 24.1 Å². The number of anilines is 1. The molecule has 0 aromatic heterocycles. The van der Waals surface area contributed by atoms with Gasteiger partial charge in [0.05, 0.1) is 7.11 Å². The fourth-order valence-corrected chi connectivity index (χ4v) is 2.79. The molecule has 0 spiro atoms. The molecule has 1 aliphatic rings. The highest BCUT2D eigenvalue weighted by Crippen LogP contribution is 2.23. The summed E-state index contributed by atoms with van der Waals surface area (Å²) in [6.45, 7) is 3.96. The molecule has 1 heterocycles. The Morgan fingerprint density at radius 1 is 1.29 bits per heavy atom. The highest BCUT2D eigenvalue weighted by atomic mass is 16.5. The molecule has 0 radical (unpaired) electrons. The first-order valence-corrected chi connectivity index (χ1v) is 8.22. The summed E-state index contributed by atoms with van der Waals surface area (Å²) in [6.07, 6.45) is 2.48. The minimum Gasteiger partial charge on any atom is -0.467 e. The second-order valence-corrected chi connectivity index (χ2v) is 6.45. The largest absolute Gasteiger partial charge is 0.467 e. The van der Waals surface area contributed by atoms with Crippen molar-refractivity contribution in [2.75, 3.05) is 12.4 Å². The van der Waals surface area contributed by atoms with Crippen LogP contribution in [0.4, 0.5) is 5.69 Å². The van der Waals surface area contributed by atoms with Crippen molar-refractivity contribution in [2.24, 2.45) is 5.92 Å². The van der Waals surface area contributed by atoms with Gasteiger partial charge in [-0.2, -0.15) is 0 Å². The lowest BCUT2D eigenvalue weighted by Crippen LogP contribution is -2.42. The molecule has 1 aromatic rings. The molecule has 1 unspecified atom stereocenters. The van der Waals surface area contributed by atoms with Gasteiger partial charge in [-0.15, -0.1) is 0 Å². The van der Waals surface area contributed by atoms with E-state index in [1.54, 1.807) is 18.2 Å². The third kappa shape index (κ3) is 4.57. The second-order valence-electron chi connectivity index (χ2n) is 6.45. The number of ether oxygens (including phenoxy) is 1. The first-order valence-electron chi connectivity index (χ1n) is 8.22. The van der Waals surface area contributed by atoms with E-state index in [2.05, 4.69) is 10.6 Å². The number of carbonyl (C=O) groups is 3. The van der Waals surface area contributed by atoms with Gasteiger partial charge in [-0.1, -0.05) is 13.8 Å². The zero-order valence-corrected chi connectivity index (χ0v) is 14.3. The number of rotatable bonds is 5. The van der Waals surface area contributed by atoms with Crippen molar-refractivity contribution < 1.29 is 19.1 Å². The summed E-state index contributed by atoms with van der Waals surface area (Å²) in [5.74, 6) is -0.520. The molecule has 0 fully saturated rings. The average Bonchev–Trinajstić information content (AvgIpc) is 2.72. The first-order chi connectivity index (χ1) is 11.4. The van der Waals surface area contributed by atoms with E-state index in [1.165, 1.54) is 7.11 Å². The van der Waals surface area contributed by atoms with Gasteiger partial charge in [0, 0.05) is 17.7 Å². The average molecular weight is 332 g/mol. The van der Waals surface area contributed by atoms with Gasteiger partial charge in [0.15, 0.2) is 0 Å². The lowest BCUT2D eigenvalue weighted by atomic mass is 10.0. The van der Waals surface area contributed by atoms with E-state index in [9.17, 15) is 14.4 Å². The molecule has 24 heavy (non-hydrogen) atoms. The standard InChI is InChI=1S/C18H24N2O4/c1-11(2)9-15(18(23)24-3)20-17(22)13-7-8-14-12(10-13)5-4-6-16(21)19-14/h7-8,10-11,15H,4-6,9H2,1-3H3,(H,19,21)(H,20,22). The number of hydrogen-bond donors (Lipinski definition) is 2. The lowest BCUT2D eigenvalue weighted by Gasteiger charge is -2.18. The minimum atomic E-state index is -0.666. The molecule has 6 heteroatoms. The van der Waals surface area contributed by atoms with Crippen molar-refractivity contribution in [1.29, 1.82) is 0 Å². The van der Waals surface area contributed by atoms with Gasteiger partial charge < -0.3 is 15.4 Å². The number of methoxy groups -OCH3 is 1. The SMILES string of the molecule is COC(=O)C(CC(C)C)NC(=O)c1ccc2c(c1)CCCC(=O)N2. The van der Waals surface area contributed by atoms with Crippen molar-refractivity contribution in [2.45, 2.75) is 45.6 Å². The zero-order chi connectivity index (χ0) is 17.7. The summed E-state index contributed by atoms with van der Waals surface area (Å²) in [5, 5.41) is 5.58. The van der Waals surface area contributed by atoms with Crippen LogP contribution >= 0.6 is 0 Å². The van der Waals surface area contributed by atoms with Crippen molar-refractivity contribution in [3.8, 4) is 0 Å². The van der Waals surface area contributed by atoms with Gasteiger partial charge in [0.25, 0.3) is 5.91 Å². The fraction of sp³-hybridized carbons (Fsp3) is 0.500. The number of aryl methyl sites for hydroxylation is 1. The number of carbonyl (C=O) groups excluding carboxylic acids is 3. The Morgan fingerprint density at radius 3 is 2.71 bits per heavy atom. The minimum absolute atomic E-state index is 0.00589. The van der Waals surface area contributed by atoms with E-state index < -0.39 is 12.0 Å². The maximum atomic E-state index is 12.5. The smallest absolute Gasteiger partial charge is 0.328 e. The number of benzene rings is 1. The predicted octanol–water partition coefficient (Wildman–Crippen LogP) is 2.28. The Morgan fingerprint density at radius 2 is 2.04 bits per heavy atom. The molecular weight excluding hydrogens is 308 g/mol. The first kappa shape index (κ1) is 18.0. The molecule has 2 rings (SSSR count). The maximum absolute atomic E-state index is 12.5. The van der Waals surface area contributed by atoms with Gasteiger partial charge in [0.1, 0.15) is 6.04 Å². The van der Waals surface area contributed by atoms with Gasteiger partial charge in [-0.25, -0.2) is 4.79 Å². The van der Waals surface area contributed by atoms with Crippen LogP contribution in [0.3, 0.4) is 0 Å². The third-order valence-corrected chi connectivity index (χ3v) is 3.99. The van der Waals surface area contributed by atoms with Crippen LogP contribution in [0.25, 0.3) is 0 Å². The monoisotopic (exact) mass is 332 g/mol. The number of nitrogens with one attached hydrogen (secondary N) is 2. The summed E-state index contributed by atoms with van der Waals surface area (Å²) in [5.41, 5.74) is 2.16. The van der Waals surface area contributed by atoms with Gasteiger partial charge >= 0.3 is 5.97 Å². The Bertz CT molecular complexity index is 640. The fourth-order valence-electron chi connectivity index (χ4n) is 2.79. The summed E-state index contributed by atoms with van der Waals surface area (Å²) >= 11 is 0. The molecule has 6 nitrogen and oxygen atoms in total. The molecule has 130 valence electrons. The number of hydrogen-bond acceptors (Lipinski definition) is 4. The molecule has 2 amide bonds. The van der Waals surface area contributed by atoms with E-state index in [0.29, 0.717) is 18.4 Å². The maximum Gasteiger partial charge on any atom is 0.328 e. The summed E-state index contributed by atoms with van der Waals surface area (Å²) in [6, 6.07) is 4.51. The Hall–Kier alpha value is -2.37. The Balaban J connectivity index is 2.15. The Labute approximate surface area is 142 Å². The van der Waals surface area contributed by atoms with Gasteiger partial charge in [0.2, 0.25) is 5.91 Å². The normalized spacial score (nSPS) is 15.1. The highest BCUT2D eigenvalue weighted by molar-refractivity contribution is 5.98. The van der Waals surface area contributed by atoms with Crippen molar-refractivity contribution in [3.05, 3.63) is 29.3 Å². The van der Waals surface area contributed by atoms with Crippen LogP contribution in [0.15, 0.2) is 18.2 Å². The highest BCUT2D eigenvalue weighted by Gasteiger charge is 2.24. The van der Waals surface area contributed by atoms with Crippen molar-refractivity contribution >= 4 is 23.5 Å². The molecular formula is C18H24N2O4. The number of amides is 2. The number of fused-ring (bicyclic) bond motifs is 1. The molecule has 0 aliphatic carbocycles. The van der Waals surface area contributed by atoms with E-state index in [1.807, 2.05) is 13.8 Å². The summed E-state index contributed by atoms with van der Waals surface area (Å²) in [7, 11) is 1.31. The predicted molar refractivity (Wildman–Crippen MR) is 90.7 cm³/mol. The molecule has 1 aromatic carbocycles. The van der Waals surface area contributed by atoms with Crippen LogP contribution in [0.1, 0.15) is 49.0 Å². The van der Waals surface area contributed by atoms with Crippen LogP contribution in [0, 0.1) is 5.92 Å². The zero-order valence-electron chi connectivity index (χ0n) is 14.3. The molecule has 1 aliphatic heterocycles. The molecule has 0 bridgehead atoms. The van der Waals surface area contributed by atoms with Crippen molar-refractivity contribution in [1.82, 2.24) is 5.32 Å². The van der Waals surface area contributed by atoms with Crippen LogP contribution in [-0.2, 0) is 20.7 Å². The van der Waals surface area contributed by atoms with Crippen molar-refractivity contribution in [3.63, 3.8) is 0 Å². The third-order valence-electron chi connectivity index (χ3n) is 3.99. The van der Waals surface area contributed by atoms with Crippen LogP contribution in [0.2, 0.25) is 0 Å². The van der Waals surface area contributed by atoms with Crippen LogP contribution in [-0.4, -0.2) is 30.9 Å². The van der Waals surface area contributed by atoms with E-state index >= 15 is 0 Å². The quantitative estimate of drug-likeness (QED) is 0.810. The van der Waals surface area contributed by atoms with Gasteiger partial charge in [-0.3, -0.25) is 9.59 Å². The lowest BCUT2D eigenvalue weighted by molar-refractivity contribution is -0.143. The summed E-state index contributed by atoms with van der Waals surface area (Å²) in [4.78, 5) is 35.9. The molecule has 1 atom stereocenters.